The third-order valence-electron chi connectivity index (χ3n) is 2.39. The molecule has 0 aromatic rings. The van der Waals surface area contributed by atoms with Crippen LogP contribution in [0.3, 0.4) is 0 Å². The largest absolute Gasteiger partial charge is 0.386 e. The summed E-state index contributed by atoms with van der Waals surface area (Å²) < 4.78 is 27.1. The van der Waals surface area contributed by atoms with Crippen molar-refractivity contribution in [2.75, 3.05) is 31.8 Å². The molecule has 0 unspecified atom stereocenters. The second kappa shape index (κ2) is 5.06. The summed E-state index contributed by atoms with van der Waals surface area (Å²) in [7, 11) is -1.37. The number of methoxy groups -OCH3 is 1. The van der Waals surface area contributed by atoms with Gasteiger partial charge in [-0.1, -0.05) is 0 Å². The highest BCUT2D eigenvalue weighted by Crippen LogP contribution is 2.08. The van der Waals surface area contributed by atoms with Gasteiger partial charge in [0.05, 0.1) is 18.9 Å². The zero-order valence-electron chi connectivity index (χ0n) is 8.35. The molecule has 5 nitrogen and oxygen atoms in total. The van der Waals surface area contributed by atoms with Gasteiger partial charge in [0.2, 0.25) is 0 Å². The molecule has 0 radical (unpaired) electrons. The molecule has 2 atom stereocenters. The van der Waals surface area contributed by atoms with Gasteiger partial charge in [0, 0.05) is 13.5 Å². The van der Waals surface area contributed by atoms with E-state index in [0.717, 1.165) is 13.0 Å². The van der Waals surface area contributed by atoms with Gasteiger partial charge < -0.3 is 15.2 Å². The summed E-state index contributed by atoms with van der Waals surface area (Å²) in [5.41, 5.74) is 0. The van der Waals surface area contributed by atoms with Crippen LogP contribution in [0, 0.1) is 0 Å². The third-order valence-corrected chi connectivity index (χ3v) is 4.13. The fraction of sp³-hybridized carbons (Fsp3) is 1.00. The number of hydrogen-bond donors (Lipinski definition) is 2. The van der Waals surface area contributed by atoms with E-state index in [2.05, 4.69) is 0 Å². The van der Waals surface area contributed by atoms with Gasteiger partial charge >= 0.3 is 0 Å². The molecule has 1 heterocycles. The van der Waals surface area contributed by atoms with E-state index in [4.69, 9.17) is 4.74 Å². The van der Waals surface area contributed by atoms with Gasteiger partial charge in [0.15, 0.2) is 9.84 Å². The van der Waals surface area contributed by atoms with E-state index in [9.17, 15) is 13.5 Å². The number of hydrogen-bond acceptors (Lipinski definition) is 4. The molecule has 1 aliphatic rings. The highest BCUT2D eigenvalue weighted by Gasteiger charge is 2.38. The van der Waals surface area contributed by atoms with Crippen LogP contribution in [0.2, 0.25) is 0 Å². The molecule has 6 heteroatoms. The Bertz CT molecular complexity index is 265. The van der Waals surface area contributed by atoms with Gasteiger partial charge in [-0.15, -0.1) is 0 Å². The maximum absolute atomic E-state index is 11.1. The van der Waals surface area contributed by atoms with Gasteiger partial charge in [0.1, 0.15) is 17.9 Å². The maximum atomic E-state index is 11.1. The van der Waals surface area contributed by atoms with Crippen molar-refractivity contribution >= 4 is 9.84 Å². The molecule has 1 rings (SSSR count). The number of aliphatic hydroxyl groups excluding tert-OH is 1. The van der Waals surface area contributed by atoms with E-state index >= 15 is 0 Å². The molecule has 1 fully saturated rings. The number of rotatable bonds is 5. The minimum Gasteiger partial charge on any atom is -0.386 e. The Balaban J connectivity index is 2.25. The summed E-state index contributed by atoms with van der Waals surface area (Å²) in [5, 5.41) is 11.3. The molecule has 84 valence electrons. The smallest absolute Gasteiger partial charge is 0.159 e. The van der Waals surface area contributed by atoms with E-state index in [-0.39, 0.29) is 17.5 Å². The van der Waals surface area contributed by atoms with Crippen LogP contribution in [0.4, 0.5) is 0 Å². The Morgan fingerprint density at radius 2 is 2.21 bits per heavy atom. The summed E-state index contributed by atoms with van der Waals surface area (Å²) in [4.78, 5) is 0. The number of aliphatic hydroxyl groups is 1. The minimum absolute atomic E-state index is 0.0849. The Hall–Kier alpha value is -0.170. The zero-order valence-corrected chi connectivity index (χ0v) is 9.16. The van der Waals surface area contributed by atoms with Crippen LogP contribution in [-0.2, 0) is 14.6 Å². The van der Waals surface area contributed by atoms with Gasteiger partial charge in [-0.25, -0.2) is 8.42 Å². The number of nitrogens with two attached hydrogens (primary N) is 1. The van der Waals surface area contributed by atoms with Gasteiger partial charge in [-0.2, -0.15) is 0 Å². The number of quaternary nitrogens is 1. The van der Waals surface area contributed by atoms with Crippen molar-refractivity contribution < 1.29 is 23.6 Å². The first-order valence-corrected chi connectivity index (χ1v) is 6.58. The predicted molar refractivity (Wildman–Crippen MR) is 51.7 cm³/mol. The van der Waals surface area contributed by atoms with Crippen LogP contribution in [0.15, 0.2) is 0 Å². The lowest BCUT2D eigenvalue weighted by Crippen LogP contribution is -2.92. The van der Waals surface area contributed by atoms with E-state index in [1.165, 1.54) is 0 Å². The van der Waals surface area contributed by atoms with Gasteiger partial charge in [0.25, 0.3) is 0 Å². The summed E-state index contributed by atoms with van der Waals surface area (Å²) in [6, 6.07) is -0.183. The molecule has 0 saturated carbocycles. The number of sulfone groups is 1. The van der Waals surface area contributed by atoms with Crippen LogP contribution < -0.4 is 5.32 Å². The van der Waals surface area contributed by atoms with E-state index in [0.29, 0.717) is 6.61 Å². The summed E-state index contributed by atoms with van der Waals surface area (Å²) in [6.07, 6.45) is 0.169. The highest BCUT2D eigenvalue weighted by molar-refractivity contribution is 7.91. The van der Waals surface area contributed by atoms with Crippen molar-refractivity contribution in [3.8, 4) is 0 Å². The maximum Gasteiger partial charge on any atom is 0.159 e. The van der Waals surface area contributed by atoms with Crippen LogP contribution in [0.1, 0.15) is 6.42 Å². The molecule has 0 bridgehead atoms. The van der Waals surface area contributed by atoms with Crippen molar-refractivity contribution in [2.45, 2.75) is 18.6 Å². The first-order valence-electron chi connectivity index (χ1n) is 4.76. The molecule has 1 aliphatic heterocycles. The summed E-state index contributed by atoms with van der Waals surface area (Å²) in [6.45, 7) is 1.47. The van der Waals surface area contributed by atoms with Crippen molar-refractivity contribution in [1.29, 1.82) is 0 Å². The lowest BCUT2D eigenvalue weighted by Gasteiger charge is -2.10. The molecule has 14 heavy (non-hydrogen) atoms. The highest BCUT2D eigenvalue weighted by atomic mass is 32.2. The first kappa shape index (κ1) is 11.9. The average Bonchev–Trinajstić information content (AvgIpc) is 2.34. The first-order chi connectivity index (χ1) is 6.55. The topological polar surface area (TPSA) is 80.2 Å². The monoisotopic (exact) mass is 224 g/mol. The van der Waals surface area contributed by atoms with Gasteiger partial charge in [-0.05, 0) is 0 Å². The fourth-order valence-corrected chi connectivity index (χ4v) is 3.49. The second-order valence-corrected chi connectivity index (χ2v) is 5.83. The third kappa shape index (κ3) is 3.53. The molecule has 0 amide bonds. The van der Waals surface area contributed by atoms with Gasteiger partial charge in [-0.3, -0.25) is 0 Å². The Labute approximate surface area is 84.4 Å². The van der Waals surface area contributed by atoms with Crippen LogP contribution in [0.25, 0.3) is 0 Å². The molecule has 1 saturated heterocycles. The molecule has 0 aliphatic carbocycles. The quantitative estimate of drug-likeness (QED) is 0.517. The van der Waals surface area contributed by atoms with Crippen LogP contribution in [-0.4, -0.2) is 57.4 Å². The standard InChI is InChI=1S/C8H17NO4S/c1-13-4-2-3-9-7-5-14(11,12)6-8(7)10/h7-10H,2-6H2,1H3/p+1/t7-,8+/m1/s1. The predicted octanol–water partition coefficient (Wildman–Crippen LogP) is -2.26. The van der Waals surface area contributed by atoms with E-state index in [1.807, 2.05) is 5.32 Å². The van der Waals surface area contributed by atoms with Crippen LogP contribution >= 0.6 is 0 Å². The SMILES string of the molecule is COCCC[NH2+][C@@H]1CS(=O)(=O)C[C@@H]1O. The van der Waals surface area contributed by atoms with Crippen molar-refractivity contribution in [2.24, 2.45) is 0 Å². The Kier molecular flexibility index (Phi) is 4.31. The molecule has 0 spiro atoms. The zero-order chi connectivity index (χ0) is 10.6. The summed E-state index contributed by atoms with van der Waals surface area (Å²) >= 11 is 0. The molecule has 0 aromatic heterocycles. The summed E-state index contributed by atoms with van der Waals surface area (Å²) in [5.74, 6) is 0.0135. The normalized spacial score (nSPS) is 30.7. The lowest BCUT2D eigenvalue weighted by atomic mass is 10.2. The van der Waals surface area contributed by atoms with E-state index < -0.39 is 15.9 Å². The Morgan fingerprint density at radius 1 is 1.50 bits per heavy atom. The van der Waals surface area contributed by atoms with Crippen molar-refractivity contribution in [3.63, 3.8) is 0 Å². The molecule has 3 N–H and O–H groups in total. The molecule has 0 aromatic carbocycles. The lowest BCUT2D eigenvalue weighted by molar-refractivity contribution is -0.690. The average molecular weight is 224 g/mol. The van der Waals surface area contributed by atoms with E-state index in [1.54, 1.807) is 7.11 Å². The minimum atomic E-state index is -3.00. The van der Waals surface area contributed by atoms with Crippen molar-refractivity contribution in [3.05, 3.63) is 0 Å². The van der Waals surface area contributed by atoms with Crippen LogP contribution in [0.5, 0.6) is 0 Å². The molecular weight excluding hydrogens is 206 g/mol. The Morgan fingerprint density at radius 3 is 2.71 bits per heavy atom. The number of ether oxygens (including phenoxy) is 1. The second-order valence-electron chi connectivity index (χ2n) is 3.68. The van der Waals surface area contributed by atoms with Crippen molar-refractivity contribution in [1.82, 2.24) is 0 Å². The molecular formula is C8H18NO4S+. The fourth-order valence-electron chi connectivity index (χ4n) is 1.64.